The Labute approximate surface area is 78.2 Å². The van der Waals surface area contributed by atoms with Gasteiger partial charge in [-0.1, -0.05) is 6.07 Å². The van der Waals surface area contributed by atoms with Crippen molar-refractivity contribution in [2.24, 2.45) is 0 Å². The van der Waals surface area contributed by atoms with Crippen molar-refractivity contribution in [2.45, 2.75) is 6.36 Å². The van der Waals surface area contributed by atoms with Gasteiger partial charge in [0.15, 0.2) is 11.5 Å². The Balaban J connectivity index is 3.02. The molecule has 0 saturated carbocycles. The molecular weight excluding hydrogens is 199 g/mol. The van der Waals surface area contributed by atoms with Crippen LogP contribution >= 0.6 is 0 Å². The molecule has 1 aromatic rings. The van der Waals surface area contributed by atoms with E-state index >= 15 is 0 Å². The van der Waals surface area contributed by atoms with Crippen molar-refractivity contribution >= 4 is 5.69 Å². The Morgan fingerprint density at radius 2 is 1.93 bits per heavy atom. The van der Waals surface area contributed by atoms with Crippen LogP contribution in [-0.2, 0) is 0 Å². The molecule has 0 spiro atoms. The number of methoxy groups -OCH3 is 1. The second kappa shape index (κ2) is 3.65. The van der Waals surface area contributed by atoms with E-state index in [0.29, 0.717) is 0 Å². The highest BCUT2D eigenvalue weighted by Gasteiger charge is 2.32. The van der Waals surface area contributed by atoms with E-state index in [9.17, 15) is 13.2 Å². The Morgan fingerprint density at radius 3 is 2.43 bits per heavy atom. The number of anilines is 1. The number of rotatable bonds is 2. The summed E-state index contributed by atoms with van der Waals surface area (Å²) in [6.07, 6.45) is -4.75. The number of ether oxygens (including phenoxy) is 2. The third-order valence-electron chi connectivity index (χ3n) is 1.44. The van der Waals surface area contributed by atoms with Crippen molar-refractivity contribution in [2.75, 3.05) is 12.8 Å². The number of para-hydroxylation sites is 1. The lowest BCUT2D eigenvalue weighted by molar-refractivity contribution is -0.275. The molecule has 3 nitrogen and oxygen atoms in total. The van der Waals surface area contributed by atoms with E-state index in [1.807, 2.05) is 0 Å². The summed E-state index contributed by atoms with van der Waals surface area (Å²) in [7, 11) is 1.22. The highest BCUT2D eigenvalue weighted by Crippen LogP contribution is 2.36. The molecule has 0 fully saturated rings. The first-order valence-electron chi connectivity index (χ1n) is 3.62. The molecule has 1 rings (SSSR count). The molecule has 0 amide bonds. The zero-order chi connectivity index (χ0) is 10.8. The van der Waals surface area contributed by atoms with Gasteiger partial charge in [0.05, 0.1) is 12.8 Å². The molecule has 0 saturated heterocycles. The fourth-order valence-electron chi connectivity index (χ4n) is 0.956. The molecule has 0 atom stereocenters. The van der Waals surface area contributed by atoms with Gasteiger partial charge in [0.1, 0.15) is 0 Å². The third-order valence-corrected chi connectivity index (χ3v) is 1.44. The summed E-state index contributed by atoms with van der Waals surface area (Å²) in [5.74, 6) is -0.565. The lowest BCUT2D eigenvalue weighted by atomic mass is 10.3. The van der Waals surface area contributed by atoms with E-state index in [-0.39, 0.29) is 11.4 Å². The van der Waals surface area contributed by atoms with Gasteiger partial charge in [0.2, 0.25) is 0 Å². The molecule has 0 aromatic heterocycles. The molecule has 0 aliphatic rings. The highest BCUT2D eigenvalue weighted by atomic mass is 19.4. The second-order valence-electron chi connectivity index (χ2n) is 2.43. The minimum absolute atomic E-state index is 0.0919. The van der Waals surface area contributed by atoms with E-state index in [2.05, 4.69) is 9.47 Å². The molecule has 0 bridgehead atoms. The van der Waals surface area contributed by atoms with Gasteiger partial charge < -0.3 is 15.2 Å². The van der Waals surface area contributed by atoms with Crippen molar-refractivity contribution in [1.29, 1.82) is 0 Å². The lowest BCUT2D eigenvalue weighted by Gasteiger charge is -2.13. The van der Waals surface area contributed by atoms with E-state index in [4.69, 9.17) is 5.73 Å². The number of alkyl halides is 3. The van der Waals surface area contributed by atoms with Crippen LogP contribution in [0.3, 0.4) is 0 Å². The summed E-state index contributed by atoms with van der Waals surface area (Å²) < 4.78 is 44.0. The van der Waals surface area contributed by atoms with Gasteiger partial charge in [-0.3, -0.25) is 0 Å². The molecule has 0 unspecified atom stereocenters. The molecule has 6 heteroatoms. The number of hydrogen-bond acceptors (Lipinski definition) is 3. The third kappa shape index (κ3) is 2.45. The minimum atomic E-state index is -4.75. The van der Waals surface area contributed by atoms with E-state index in [0.717, 1.165) is 6.07 Å². The monoisotopic (exact) mass is 207 g/mol. The zero-order valence-electron chi connectivity index (χ0n) is 7.26. The molecule has 2 N–H and O–H groups in total. The fourth-order valence-corrected chi connectivity index (χ4v) is 0.956. The van der Waals surface area contributed by atoms with Crippen molar-refractivity contribution in [3.8, 4) is 11.5 Å². The Bertz CT molecular complexity index is 325. The van der Waals surface area contributed by atoms with E-state index in [1.165, 1.54) is 19.2 Å². The molecular formula is C8H8F3NO2. The van der Waals surface area contributed by atoms with Crippen LogP contribution in [0, 0.1) is 0 Å². The van der Waals surface area contributed by atoms with Crippen LogP contribution in [0.15, 0.2) is 18.2 Å². The maximum absolute atomic E-state index is 11.9. The van der Waals surface area contributed by atoms with Crippen LogP contribution in [0.5, 0.6) is 11.5 Å². The van der Waals surface area contributed by atoms with Crippen LogP contribution in [-0.4, -0.2) is 13.5 Å². The molecule has 0 radical (unpaired) electrons. The van der Waals surface area contributed by atoms with Gasteiger partial charge in [-0.05, 0) is 12.1 Å². The number of nitrogens with two attached hydrogens (primary N) is 1. The zero-order valence-corrected chi connectivity index (χ0v) is 7.26. The van der Waals surface area contributed by atoms with Crippen LogP contribution in [0.1, 0.15) is 0 Å². The topological polar surface area (TPSA) is 44.5 Å². The average molecular weight is 207 g/mol. The van der Waals surface area contributed by atoms with Gasteiger partial charge in [0.25, 0.3) is 0 Å². The number of nitrogen functional groups attached to an aromatic ring is 1. The summed E-state index contributed by atoms with van der Waals surface area (Å²) in [6, 6.07) is 3.89. The molecule has 0 aliphatic heterocycles. The van der Waals surface area contributed by atoms with Crippen LogP contribution in [0.25, 0.3) is 0 Å². The lowest BCUT2D eigenvalue weighted by Crippen LogP contribution is -2.17. The molecule has 0 heterocycles. The van der Waals surface area contributed by atoms with E-state index < -0.39 is 12.1 Å². The Kier molecular flexibility index (Phi) is 2.73. The minimum Gasteiger partial charge on any atom is -0.491 e. The van der Waals surface area contributed by atoms with Crippen LogP contribution < -0.4 is 15.2 Å². The van der Waals surface area contributed by atoms with Gasteiger partial charge >= 0.3 is 6.36 Å². The Hall–Kier alpha value is -1.59. The summed E-state index contributed by atoms with van der Waals surface area (Å²) in [5.41, 5.74) is 5.47. The standard InChI is InChI=1S/C8H8F3NO2/c1-13-7-5(12)3-2-4-6(7)14-8(9,10)11/h2-4H,12H2,1H3. The summed E-state index contributed by atoms with van der Waals surface area (Å²) in [5, 5.41) is 0. The predicted molar refractivity (Wildman–Crippen MR) is 44.1 cm³/mol. The maximum atomic E-state index is 11.9. The molecule has 78 valence electrons. The molecule has 14 heavy (non-hydrogen) atoms. The first kappa shape index (κ1) is 10.5. The fraction of sp³-hybridized carbons (Fsp3) is 0.250. The summed E-state index contributed by atoms with van der Waals surface area (Å²) in [6.45, 7) is 0. The van der Waals surface area contributed by atoms with Crippen LogP contribution in [0.2, 0.25) is 0 Å². The SMILES string of the molecule is COc1c(N)cccc1OC(F)(F)F. The van der Waals surface area contributed by atoms with Crippen molar-refractivity contribution in [3.63, 3.8) is 0 Å². The first-order chi connectivity index (χ1) is 6.44. The van der Waals surface area contributed by atoms with E-state index in [1.54, 1.807) is 0 Å². The number of hydrogen-bond donors (Lipinski definition) is 1. The maximum Gasteiger partial charge on any atom is 0.573 e. The van der Waals surface area contributed by atoms with Crippen molar-refractivity contribution < 1.29 is 22.6 Å². The summed E-state index contributed by atoms with van der Waals surface area (Å²) >= 11 is 0. The number of halogens is 3. The largest absolute Gasteiger partial charge is 0.573 e. The molecule has 1 aromatic carbocycles. The highest BCUT2D eigenvalue weighted by molar-refractivity contribution is 5.60. The van der Waals surface area contributed by atoms with Gasteiger partial charge in [0, 0.05) is 0 Å². The quantitative estimate of drug-likeness (QED) is 0.756. The second-order valence-corrected chi connectivity index (χ2v) is 2.43. The molecule has 0 aliphatic carbocycles. The normalized spacial score (nSPS) is 11.1. The smallest absolute Gasteiger partial charge is 0.491 e. The van der Waals surface area contributed by atoms with Gasteiger partial charge in [-0.15, -0.1) is 13.2 Å². The van der Waals surface area contributed by atoms with Gasteiger partial charge in [-0.25, -0.2) is 0 Å². The number of benzene rings is 1. The van der Waals surface area contributed by atoms with Crippen molar-refractivity contribution in [3.05, 3.63) is 18.2 Å². The summed E-state index contributed by atoms with van der Waals surface area (Å²) in [4.78, 5) is 0. The Morgan fingerprint density at radius 1 is 1.29 bits per heavy atom. The van der Waals surface area contributed by atoms with Crippen LogP contribution in [0.4, 0.5) is 18.9 Å². The average Bonchev–Trinajstić information content (AvgIpc) is 2.01. The van der Waals surface area contributed by atoms with Crippen molar-refractivity contribution in [1.82, 2.24) is 0 Å². The predicted octanol–water partition coefficient (Wildman–Crippen LogP) is 2.18. The van der Waals surface area contributed by atoms with Gasteiger partial charge in [-0.2, -0.15) is 0 Å². The first-order valence-corrected chi connectivity index (χ1v) is 3.62.